The molecule has 3 rings (SSSR count). The first kappa shape index (κ1) is 25.3. The molecule has 34 heavy (non-hydrogen) atoms. The van der Waals surface area contributed by atoms with E-state index in [0.29, 0.717) is 6.42 Å². The van der Waals surface area contributed by atoms with Gasteiger partial charge in [0, 0.05) is 25.4 Å². The largest absolute Gasteiger partial charge is 0.481 e. The summed E-state index contributed by atoms with van der Waals surface area (Å²) in [6.45, 7) is 7.83. The molecular weight excluding hydrogens is 432 g/mol. The van der Waals surface area contributed by atoms with Crippen molar-refractivity contribution in [1.82, 2.24) is 10.6 Å². The lowest BCUT2D eigenvalue weighted by Gasteiger charge is -2.25. The third-order valence-electron chi connectivity index (χ3n) is 6.35. The van der Waals surface area contributed by atoms with Gasteiger partial charge in [0.1, 0.15) is 6.61 Å². The number of hydrogen-bond donors (Lipinski definition) is 3. The van der Waals surface area contributed by atoms with Crippen LogP contribution < -0.4 is 10.6 Å². The van der Waals surface area contributed by atoms with Crippen molar-refractivity contribution in [2.24, 2.45) is 10.8 Å². The summed E-state index contributed by atoms with van der Waals surface area (Å²) >= 11 is 0. The first-order valence-corrected chi connectivity index (χ1v) is 11.6. The zero-order valence-corrected chi connectivity index (χ0v) is 20.3. The Labute approximate surface area is 200 Å². The SMILES string of the molecule is CC(C)(CNC(=O)OCC1c2ccccc2-c2ccccc21)CC(=O)NCCC(C)(C)C(=O)O. The summed E-state index contributed by atoms with van der Waals surface area (Å²) in [7, 11) is 0. The smallest absolute Gasteiger partial charge is 0.407 e. The van der Waals surface area contributed by atoms with Crippen molar-refractivity contribution in [3.63, 3.8) is 0 Å². The number of alkyl carbamates (subject to hydrolysis) is 1. The molecule has 1 aliphatic carbocycles. The van der Waals surface area contributed by atoms with Gasteiger partial charge >= 0.3 is 12.1 Å². The first-order valence-electron chi connectivity index (χ1n) is 11.6. The van der Waals surface area contributed by atoms with Crippen molar-refractivity contribution < 1.29 is 24.2 Å². The molecule has 0 spiro atoms. The van der Waals surface area contributed by atoms with Crippen molar-refractivity contribution in [3.05, 3.63) is 59.7 Å². The molecule has 7 heteroatoms. The molecule has 0 saturated heterocycles. The van der Waals surface area contributed by atoms with Crippen LogP contribution in [0.25, 0.3) is 11.1 Å². The highest BCUT2D eigenvalue weighted by molar-refractivity contribution is 5.79. The fraction of sp³-hybridized carbons (Fsp3) is 0.444. The Morgan fingerprint density at radius 3 is 2.03 bits per heavy atom. The molecule has 2 amide bonds. The fourth-order valence-corrected chi connectivity index (χ4v) is 4.14. The van der Waals surface area contributed by atoms with Crippen molar-refractivity contribution in [1.29, 1.82) is 0 Å². The van der Waals surface area contributed by atoms with Crippen LogP contribution in [0.4, 0.5) is 4.79 Å². The van der Waals surface area contributed by atoms with Gasteiger partial charge in [0.05, 0.1) is 5.41 Å². The van der Waals surface area contributed by atoms with Gasteiger partial charge in [-0.1, -0.05) is 62.4 Å². The molecule has 0 fully saturated rings. The number of carbonyl (C=O) groups excluding carboxylic acids is 2. The van der Waals surface area contributed by atoms with E-state index in [1.807, 2.05) is 38.1 Å². The Balaban J connectivity index is 1.46. The highest BCUT2D eigenvalue weighted by atomic mass is 16.5. The van der Waals surface area contributed by atoms with Crippen LogP contribution in [-0.2, 0) is 14.3 Å². The van der Waals surface area contributed by atoms with E-state index in [0.717, 1.165) is 11.1 Å². The average molecular weight is 467 g/mol. The number of nitrogens with one attached hydrogen (secondary N) is 2. The summed E-state index contributed by atoms with van der Waals surface area (Å²) in [5, 5.41) is 14.7. The summed E-state index contributed by atoms with van der Waals surface area (Å²) in [4.78, 5) is 35.9. The Morgan fingerprint density at radius 2 is 1.47 bits per heavy atom. The Morgan fingerprint density at radius 1 is 0.912 bits per heavy atom. The van der Waals surface area contributed by atoms with Crippen LogP contribution in [-0.4, -0.2) is 42.8 Å². The van der Waals surface area contributed by atoms with Crippen molar-refractivity contribution in [3.8, 4) is 11.1 Å². The number of hydrogen-bond acceptors (Lipinski definition) is 4. The van der Waals surface area contributed by atoms with E-state index in [4.69, 9.17) is 9.84 Å². The zero-order chi connectivity index (χ0) is 24.9. The van der Waals surface area contributed by atoms with E-state index in [9.17, 15) is 14.4 Å². The second kappa shape index (κ2) is 10.3. The van der Waals surface area contributed by atoms with Gasteiger partial charge in [0.2, 0.25) is 5.91 Å². The number of fused-ring (bicyclic) bond motifs is 3. The summed E-state index contributed by atoms with van der Waals surface area (Å²) in [6, 6.07) is 16.3. The van der Waals surface area contributed by atoms with Gasteiger partial charge in [-0.15, -0.1) is 0 Å². The standard InChI is InChI=1S/C27H34N2O5/c1-26(2,15-23(30)28-14-13-27(3,4)24(31)32)17-29-25(33)34-16-22-20-11-7-5-9-18(20)19-10-6-8-12-21(19)22/h5-12,22H,13-17H2,1-4H3,(H,28,30)(H,29,33)(H,31,32). The van der Waals surface area contributed by atoms with Crippen LogP contribution in [0.3, 0.4) is 0 Å². The van der Waals surface area contributed by atoms with Crippen LogP contribution in [0.1, 0.15) is 57.6 Å². The van der Waals surface area contributed by atoms with E-state index < -0.39 is 22.9 Å². The molecular formula is C27H34N2O5. The van der Waals surface area contributed by atoms with E-state index in [1.165, 1.54) is 11.1 Å². The van der Waals surface area contributed by atoms with Crippen molar-refractivity contribution in [2.75, 3.05) is 19.7 Å². The minimum atomic E-state index is -0.894. The van der Waals surface area contributed by atoms with Crippen LogP contribution >= 0.6 is 0 Å². The predicted molar refractivity (Wildman–Crippen MR) is 131 cm³/mol. The van der Waals surface area contributed by atoms with Gasteiger partial charge < -0.3 is 20.5 Å². The van der Waals surface area contributed by atoms with Crippen molar-refractivity contribution >= 4 is 18.0 Å². The van der Waals surface area contributed by atoms with E-state index >= 15 is 0 Å². The zero-order valence-electron chi connectivity index (χ0n) is 20.3. The minimum Gasteiger partial charge on any atom is -0.481 e. The molecule has 7 nitrogen and oxygen atoms in total. The molecule has 1 aliphatic rings. The van der Waals surface area contributed by atoms with E-state index in [2.05, 4.69) is 34.9 Å². The number of carbonyl (C=O) groups is 3. The Bertz CT molecular complexity index is 1010. The van der Waals surface area contributed by atoms with E-state index in [-0.39, 0.29) is 37.9 Å². The predicted octanol–water partition coefficient (Wildman–Crippen LogP) is 4.56. The normalized spacial score (nSPS) is 13.1. The molecule has 0 radical (unpaired) electrons. The average Bonchev–Trinajstić information content (AvgIpc) is 3.09. The topological polar surface area (TPSA) is 105 Å². The highest BCUT2D eigenvalue weighted by Crippen LogP contribution is 2.44. The molecule has 0 heterocycles. The molecule has 0 aromatic heterocycles. The van der Waals surface area contributed by atoms with Gasteiger partial charge in [-0.3, -0.25) is 9.59 Å². The minimum absolute atomic E-state index is 0.00742. The second-order valence-electron chi connectivity index (χ2n) is 10.3. The van der Waals surface area contributed by atoms with Crippen LogP contribution in [0.15, 0.2) is 48.5 Å². The lowest BCUT2D eigenvalue weighted by Crippen LogP contribution is -2.39. The summed E-state index contributed by atoms with van der Waals surface area (Å²) in [5.41, 5.74) is 3.27. The number of amides is 2. The molecule has 0 unspecified atom stereocenters. The van der Waals surface area contributed by atoms with E-state index in [1.54, 1.807) is 13.8 Å². The number of rotatable bonds is 10. The third kappa shape index (κ3) is 6.16. The molecule has 3 N–H and O–H groups in total. The number of aliphatic carboxylic acids is 1. The number of carboxylic acid groups (broad SMARTS) is 1. The number of carboxylic acids is 1. The number of ether oxygens (including phenoxy) is 1. The second-order valence-corrected chi connectivity index (χ2v) is 10.3. The number of benzene rings is 2. The van der Waals surface area contributed by atoms with Gasteiger partial charge in [0.25, 0.3) is 0 Å². The van der Waals surface area contributed by atoms with Crippen molar-refractivity contribution in [2.45, 2.75) is 46.5 Å². The molecule has 0 saturated carbocycles. The maximum Gasteiger partial charge on any atom is 0.407 e. The molecule has 0 aliphatic heterocycles. The molecule has 182 valence electrons. The summed E-state index contributed by atoms with van der Waals surface area (Å²) in [5.74, 6) is -1.08. The fourth-order valence-electron chi connectivity index (χ4n) is 4.14. The summed E-state index contributed by atoms with van der Waals surface area (Å²) in [6.07, 6.45) is 0.0231. The molecule has 0 atom stereocenters. The molecule has 2 aromatic rings. The maximum atomic E-state index is 12.4. The summed E-state index contributed by atoms with van der Waals surface area (Å²) < 4.78 is 5.56. The van der Waals surface area contributed by atoms with Crippen LogP contribution in [0.5, 0.6) is 0 Å². The van der Waals surface area contributed by atoms with Crippen LogP contribution in [0.2, 0.25) is 0 Å². The Hall–Kier alpha value is -3.35. The molecule has 2 aromatic carbocycles. The first-order chi connectivity index (χ1) is 16.0. The maximum absolute atomic E-state index is 12.4. The lowest BCUT2D eigenvalue weighted by molar-refractivity contribution is -0.147. The van der Waals surface area contributed by atoms with Gasteiger partial charge in [-0.25, -0.2) is 4.79 Å². The quantitative estimate of drug-likeness (QED) is 0.476. The van der Waals surface area contributed by atoms with Crippen LogP contribution in [0, 0.1) is 10.8 Å². The van der Waals surface area contributed by atoms with Gasteiger partial charge in [-0.2, -0.15) is 0 Å². The third-order valence-corrected chi connectivity index (χ3v) is 6.35. The monoisotopic (exact) mass is 466 g/mol. The Kier molecular flexibility index (Phi) is 7.64. The highest BCUT2D eigenvalue weighted by Gasteiger charge is 2.30. The lowest BCUT2D eigenvalue weighted by atomic mass is 9.88. The van der Waals surface area contributed by atoms with Gasteiger partial charge in [-0.05, 0) is 47.9 Å². The van der Waals surface area contributed by atoms with Gasteiger partial charge in [0.15, 0.2) is 0 Å². The molecule has 0 bridgehead atoms.